The van der Waals surface area contributed by atoms with E-state index in [0.29, 0.717) is 12.8 Å². The Morgan fingerprint density at radius 2 is 1.95 bits per heavy atom. The number of amides is 1. The van der Waals surface area contributed by atoms with Crippen molar-refractivity contribution in [2.45, 2.75) is 58.1 Å². The first-order chi connectivity index (χ1) is 10.6. The standard InChI is InChI=1S/C18H26N2O2/c1-4-18(5-2)17(21)20(14-8-10-19-11-9-14)15-7-6-13(3)12-16(15)22-18/h6-7,12,14,19H,4-5,8-11H2,1-3H3. The van der Waals surface area contributed by atoms with Gasteiger partial charge in [0, 0.05) is 6.04 Å². The molecular weight excluding hydrogens is 276 g/mol. The van der Waals surface area contributed by atoms with Crippen molar-refractivity contribution in [2.75, 3.05) is 18.0 Å². The Labute approximate surface area is 132 Å². The molecule has 0 bridgehead atoms. The third-order valence-corrected chi connectivity index (χ3v) is 5.10. The number of hydrogen-bond donors (Lipinski definition) is 1. The quantitative estimate of drug-likeness (QED) is 0.933. The number of piperidine rings is 1. The number of carbonyl (C=O) groups is 1. The normalized spacial score (nSPS) is 21.4. The van der Waals surface area contributed by atoms with Gasteiger partial charge in [0.25, 0.3) is 5.91 Å². The summed E-state index contributed by atoms with van der Waals surface area (Å²) in [6.07, 6.45) is 3.42. The van der Waals surface area contributed by atoms with Crippen LogP contribution in [0, 0.1) is 6.92 Å². The lowest BCUT2D eigenvalue weighted by Gasteiger charge is -2.46. The summed E-state index contributed by atoms with van der Waals surface area (Å²) >= 11 is 0. The SMILES string of the molecule is CCC1(CC)Oc2cc(C)ccc2N(C2CCNCC2)C1=O. The maximum atomic E-state index is 13.2. The van der Waals surface area contributed by atoms with E-state index >= 15 is 0 Å². The van der Waals surface area contributed by atoms with Crippen LogP contribution in [-0.2, 0) is 4.79 Å². The largest absolute Gasteiger partial charge is 0.475 e. The minimum Gasteiger partial charge on any atom is -0.475 e. The van der Waals surface area contributed by atoms with Crippen LogP contribution in [0.4, 0.5) is 5.69 Å². The van der Waals surface area contributed by atoms with Crippen LogP contribution in [0.1, 0.15) is 45.1 Å². The van der Waals surface area contributed by atoms with Crippen molar-refractivity contribution in [3.63, 3.8) is 0 Å². The summed E-state index contributed by atoms with van der Waals surface area (Å²) < 4.78 is 6.23. The van der Waals surface area contributed by atoms with Crippen LogP contribution in [0.2, 0.25) is 0 Å². The van der Waals surface area contributed by atoms with Crippen molar-refractivity contribution in [2.24, 2.45) is 0 Å². The molecule has 1 saturated heterocycles. The zero-order chi connectivity index (χ0) is 15.7. The topological polar surface area (TPSA) is 41.6 Å². The van der Waals surface area contributed by atoms with Crippen LogP contribution < -0.4 is 15.0 Å². The highest BCUT2D eigenvalue weighted by atomic mass is 16.5. The van der Waals surface area contributed by atoms with Crippen LogP contribution in [0.25, 0.3) is 0 Å². The number of rotatable bonds is 3. The van der Waals surface area contributed by atoms with Crippen LogP contribution in [0.15, 0.2) is 18.2 Å². The predicted molar refractivity (Wildman–Crippen MR) is 88.5 cm³/mol. The van der Waals surface area contributed by atoms with Crippen LogP contribution in [0.5, 0.6) is 5.75 Å². The Morgan fingerprint density at radius 3 is 2.59 bits per heavy atom. The minimum absolute atomic E-state index is 0.140. The number of nitrogens with one attached hydrogen (secondary N) is 1. The highest BCUT2D eigenvalue weighted by Crippen LogP contribution is 2.42. The Kier molecular flexibility index (Phi) is 4.13. The van der Waals surface area contributed by atoms with Crippen LogP contribution in [-0.4, -0.2) is 30.6 Å². The second-order valence-corrected chi connectivity index (χ2v) is 6.43. The lowest BCUT2D eigenvalue weighted by Crippen LogP contribution is -2.59. The molecule has 0 unspecified atom stereocenters. The molecule has 0 aromatic heterocycles. The van der Waals surface area contributed by atoms with Crippen molar-refractivity contribution in [3.05, 3.63) is 23.8 Å². The van der Waals surface area contributed by atoms with Gasteiger partial charge in [-0.2, -0.15) is 0 Å². The van der Waals surface area contributed by atoms with Gasteiger partial charge in [0.1, 0.15) is 5.75 Å². The van der Waals surface area contributed by atoms with Gasteiger partial charge >= 0.3 is 0 Å². The number of hydrogen-bond acceptors (Lipinski definition) is 3. The number of fused-ring (bicyclic) bond motifs is 1. The lowest BCUT2D eigenvalue weighted by molar-refractivity contribution is -0.137. The molecule has 0 atom stereocenters. The molecule has 1 fully saturated rings. The fourth-order valence-electron chi connectivity index (χ4n) is 3.61. The molecule has 4 heteroatoms. The van der Waals surface area contributed by atoms with Gasteiger partial charge in [-0.3, -0.25) is 4.79 Å². The predicted octanol–water partition coefficient (Wildman–Crippen LogP) is 3.03. The number of anilines is 1. The summed E-state index contributed by atoms with van der Waals surface area (Å²) in [5.74, 6) is 1.00. The first-order valence-electron chi connectivity index (χ1n) is 8.45. The molecule has 4 nitrogen and oxygen atoms in total. The van der Waals surface area contributed by atoms with Gasteiger partial charge in [-0.1, -0.05) is 19.9 Å². The maximum Gasteiger partial charge on any atom is 0.271 e. The van der Waals surface area contributed by atoms with E-state index < -0.39 is 5.60 Å². The average Bonchev–Trinajstić information content (AvgIpc) is 2.55. The van der Waals surface area contributed by atoms with E-state index in [-0.39, 0.29) is 11.9 Å². The van der Waals surface area contributed by atoms with Crippen molar-refractivity contribution < 1.29 is 9.53 Å². The Morgan fingerprint density at radius 1 is 1.27 bits per heavy atom. The van der Waals surface area contributed by atoms with Crippen LogP contribution in [0.3, 0.4) is 0 Å². The minimum atomic E-state index is -0.703. The molecule has 1 aromatic rings. The van der Waals surface area contributed by atoms with Crippen molar-refractivity contribution in [1.82, 2.24) is 5.32 Å². The number of carbonyl (C=O) groups excluding carboxylic acids is 1. The molecule has 120 valence electrons. The molecule has 0 radical (unpaired) electrons. The van der Waals surface area contributed by atoms with Crippen LogP contribution >= 0.6 is 0 Å². The highest BCUT2D eigenvalue weighted by Gasteiger charge is 2.47. The molecule has 22 heavy (non-hydrogen) atoms. The van der Waals surface area contributed by atoms with E-state index in [1.54, 1.807) is 0 Å². The highest BCUT2D eigenvalue weighted by molar-refractivity contribution is 6.03. The third kappa shape index (κ3) is 2.39. The van der Waals surface area contributed by atoms with Gasteiger partial charge in [0.05, 0.1) is 5.69 Å². The summed E-state index contributed by atoms with van der Waals surface area (Å²) in [4.78, 5) is 15.3. The number of nitrogens with zero attached hydrogens (tertiary/aromatic N) is 1. The molecule has 1 N–H and O–H groups in total. The van der Waals surface area contributed by atoms with E-state index in [4.69, 9.17) is 4.74 Å². The zero-order valence-electron chi connectivity index (χ0n) is 13.8. The monoisotopic (exact) mass is 302 g/mol. The summed E-state index contributed by atoms with van der Waals surface area (Å²) in [6.45, 7) is 8.10. The van der Waals surface area contributed by atoms with Crippen molar-refractivity contribution in [1.29, 1.82) is 0 Å². The van der Waals surface area contributed by atoms with E-state index in [9.17, 15) is 4.79 Å². The third-order valence-electron chi connectivity index (χ3n) is 5.10. The van der Waals surface area contributed by atoms with Gasteiger partial charge in [-0.25, -0.2) is 0 Å². The molecule has 2 aliphatic rings. The van der Waals surface area contributed by atoms with Gasteiger partial charge in [0.2, 0.25) is 0 Å². The number of ether oxygens (including phenoxy) is 1. The van der Waals surface area contributed by atoms with Gasteiger partial charge in [-0.05, 0) is 63.4 Å². The van der Waals surface area contributed by atoms with E-state index in [2.05, 4.69) is 24.4 Å². The zero-order valence-corrected chi connectivity index (χ0v) is 13.8. The molecule has 0 saturated carbocycles. The fraction of sp³-hybridized carbons (Fsp3) is 0.611. The maximum absolute atomic E-state index is 13.2. The van der Waals surface area contributed by atoms with Gasteiger partial charge in [-0.15, -0.1) is 0 Å². The van der Waals surface area contributed by atoms with E-state index in [1.807, 2.05) is 24.8 Å². The average molecular weight is 302 g/mol. The van der Waals surface area contributed by atoms with E-state index in [1.165, 1.54) is 5.56 Å². The molecule has 3 rings (SSSR count). The lowest BCUT2D eigenvalue weighted by atomic mass is 9.90. The molecule has 1 aromatic carbocycles. The second-order valence-electron chi connectivity index (χ2n) is 6.43. The molecule has 0 spiro atoms. The smallest absolute Gasteiger partial charge is 0.271 e. The Hall–Kier alpha value is -1.55. The molecule has 2 aliphatic heterocycles. The molecule has 0 aliphatic carbocycles. The molecule has 2 heterocycles. The van der Waals surface area contributed by atoms with Gasteiger partial charge in [0.15, 0.2) is 5.60 Å². The molecular formula is C18H26N2O2. The van der Waals surface area contributed by atoms with E-state index in [0.717, 1.165) is 37.4 Å². The summed E-state index contributed by atoms with van der Waals surface area (Å²) in [6, 6.07) is 6.45. The first kappa shape index (κ1) is 15.3. The summed E-state index contributed by atoms with van der Waals surface area (Å²) in [5.41, 5.74) is 1.41. The summed E-state index contributed by atoms with van der Waals surface area (Å²) in [7, 11) is 0. The number of aryl methyl sites for hydroxylation is 1. The second kappa shape index (κ2) is 5.92. The van der Waals surface area contributed by atoms with Gasteiger partial charge < -0.3 is 15.0 Å². The summed E-state index contributed by atoms with van der Waals surface area (Å²) in [5, 5.41) is 3.38. The molecule has 1 amide bonds. The van der Waals surface area contributed by atoms with Crippen molar-refractivity contribution >= 4 is 11.6 Å². The fourth-order valence-corrected chi connectivity index (χ4v) is 3.61. The number of benzene rings is 1. The van der Waals surface area contributed by atoms with Crippen molar-refractivity contribution in [3.8, 4) is 5.75 Å². The Bertz CT molecular complexity index is 560. The Balaban J connectivity index is 2.07. The first-order valence-corrected chi connectivity index (χ1v) is 8.45.